The van der Waals surface area contributed by atoms with Crippen LogP contribution in [0.4, 0.5) is 0 Å². The van der Waals surface area contributed by atoms with Gasteiger partial charge in [-0.25, -0.2) is 0 Å². The van der Waals surface area contributed by atoms with Crippen LogP contribution in [0.2, 0.25) is 0 Å². The highest BCUT2D eigenvalue weighted by Crippen LogP contribution is 2.19. The van der Waals surface area contributed by atoms with Gasteiger partial charge in [0.1, 0.15) is 0 Å². The van der Waals surface area contributed by atoms with E-state index in [1.807, 2.05) is 32.9 Å². The molecule has 0 fully saturated rings. The maximum absolute atomic E-state index is 3.79. The number of rotatable bonds is 8. The van der Waals surface area contributed by atoms with E-state index < -0.39 is 0 Å². The zero-order chi connectivity index (χ0) is 25.0. The molecule has 0 heteroatoms. The second-order valence-corrected chi connectivity index (χ2v) is 7.51. The lowest BCUT2D eigenvalue weighted by atomic mass is 9.88. The van der Waals surface area contributed by atoms with Crippen LogP contribution in [0.5, 0.6) is 0 Å². The molecule has 2 rings (SSSR count). The first-order valence-electron chi connectivity index (χ1n) is 12.4. The number of hydrogen-bond donors (Lipinski definition) is 0. The van der Waals surface area contributed by atoms with Crippen LogP contribution in [0.1, 0.15) is 78.9 Å². The number of aryl methyl sites for hydroxylation is 1. The van der Waals surface area contributed by atoms with Gasteiger partial charge in [0.05, 0.1) is 0 Å². The molecule has 180 valence electrons. The summed E-state index contributed by atoms with van der Waals surface area (Å²) in [6, 6.07) is 21.3. The molecule has 2 aromatic rings. The van der Waals surface area contributed by atoms with Crippen molar-refractivity contribution in [3.8, 4) is 0 Å². The Kier molecular flexibility index (Phi) is 30.7. The van der Waals surface area contributed by atoms with Crippen LogP contribution in [-0.2, 0) is 12.8 Å². The summed E-state index contributed by atoms with van der Waals surface area (Å²) in [7, 11) is 0. The lowest BCUT2D eigenvalue weighted by Gasteiger charge is -2.18. The zero-order valence-corrected chi connectivity index (χ0v) is 22.3. The van der Waals surface area contributed by atoms with E-state index in [1.54, 1.807) is 6.08 Å². The minimum Gasteiger partial charge on any atom is -0.103 e. The summed E-state index contributed by atoms with van der Waals surface area (Å²) in [6.45, 7) is 25.4. The predicted octanol–water partition coefficient (Wildman–Crippen LogP) is 10.5. The van der Waals surface area contributed by atoms with E-state index in [2.05, 4.69) is 108 Å². The zero-order valence-electron chi connectivity index (χ0n) is 22.3. The normalized spacial score (nSPS) is 10.5. The van der Waals surface area contributed by atoms with Gasteiger partial charge in [0.2, 0.25) is 0 Å². The summed E-state index contributed by atoms with van der Waals surface area (Å²) in [6.07, 6.45) is 11.5. The first kappa shape index (κ1) is 34.3. The van der Waals surface area contributed by atoms with Crippen molar-refractivity contribution in [3.05, 3.63) is 110 Å². The molecule has 32 heavy (non-hydrogen) atoms. The van der Waals surface area contributed by atoms with E-state index in [0.717, 1.165) is 24.7 Å². The summed E-state index contributed by atoms with van der Waals surface area (Å²) < 4.78 is 0. The maximum Gasteiger partial charge on any atom is -0.0250 e. The monoisotopic (exact) mass is 436 g/mol. The Morgan fingerprint density at radius 1 is 0.719 bits per heavy atom. The van der Waals surface area contributed by atoms with Crippen LogP contribution in [-0.4, -0.2) is 0 Å². The minimum atomic E-state index is 0.729. The third kappa shape index (κ3) is 23.9. The van der Waals surface area contributed by atoms with Crippen molar-refractivity contribution < 1.29 is 0 Å². The molecule has 0 radical (unpaired) electrons. The minimum absolute atomic E-state index is 0.729. The summed E-state index contributed by atoms with van der Waals surface area (Å²) in [5.41, 5.74) is 2.89. The molecular weight excluding hydrogens is 384 g/mol. The second kappa shape index (κ2) is 28.7. The Morgan fingerprint density at radius 3 is 1.47 bits per heavy atom. The molecule has 0 aliphatic rings. The van der Waals surface area contributed by atoms with Crippen LogP contribution in [0.3, 0.4) is 0 Å². The fraction of sp³-hybridized carbons (Fsp3) is 0.438. The molecule has 0 spiro atoms. The van der Waals surface area contributed by atoms with Gasteiger partial charge in [0, 0.05) is 0 Å². The van der Waals surface area contributed by atoms with Crippen molar-refractivity contribution in [2.75, 3.05) is 0 Å². The highest BCUT2D eigenvalue weighted by atomic mass is 14.2. The molecule has 2 atom stereocenters. The van der Waals surface area contributed by atoms with Gasteiger partial charge in [-0.1, -0.05) is 127 Å². The molecule has 2 aromatic carbocycles. The summed E-state index contributed by atoms with van der Waals surface area (Å²) >= 11 is 0. The number of allylic oxidation sites excluding steroid dienone is 3. The fourth-order valence-corrected chi connectivity index (χ4v) is 2.62. The average molecular weight is 437 g/mol. The van der Waals surface area contributed by atoms with Crippen LogP contribution in [0.15, 0.2) is 98.6 Å². The molecule has 0 nitrogen and oxygen atoms in total. The van der Waals surface area contributed by atoms with Crippen LogP contribution < -0.4 is 0 Å². The van der Waals surface area contributed by atoms with Crippen molar-refractivity contribution in [2.45, 2.75) is 80.6 Å². The van der Waals surface area contributed by atoms with E-state index >= 15 is 0 Å². The van der Waals surface area contributed by atoms with Crippen molar-refractivity contribution in [3.63, 3.8) is 0 Å². The van der Waals surface area contributed by atoms with Gasteiger partial charge < -0.3 is 0 Å². The molecule has 0 aromatic heterocycles. The van der Waals surface area contributed by atoms with E-state index in [9.17, 15) is 0 Å². The fourth-order valence-electron chi connectivity index (χ4n) is 2.62. The standard InChI is InChI=1S/C14H20.C9H12.C4H8.C3H6.C2H6/c1-4-8-12(2)13(3)11-14-9-6-5-7-10-14;1-2-6-9-7-4-3-5-8-9;1-3-4-2;1-3-2;1-2/h4-7,9-10,12-13H,1,8,11H2,2-3H3;3-5,7-8H,2,6H2,1H3;3H,1,4H2,2H3;3H,1H2,2H3;1-2H3. The highest BCUT2D eigenvalue weighted by molar-refractivity contribution is 5.15. The quantitative estimate of drug-likeness (QED) is 0.361. The highest BCUT2D eigenvalue weighted by Gasteiger charge is 2.10. The molecular formula is C32H52. The Bertz CT molecular complexity index is 609. The SMILES string of the molecule is C=CC.C=CCC.C=CCC(C)C(C)Cc1ccccc1.CC.CCCc1ccccc1. The average Bonchev–Trinajstić information content (AvgIpc) is 2.83. The van der Waals surface area contributed by atoms with E-state index in [1.165, 1.54) is 30.4 Å². The third-order valence-corrected chi connectivity index (χ3v) is 4.58. The Morgan fingerprint density at radius 2 is 1.12 bits per heavy atom. The van der Waals surface area contributed by atoms with Crippen molar-refractivity contribution in [2.24, 2.45) is 11.8 Å². The van der Waals surface area contributed by atoms with Crippen molar-refractivity contribution in [1.29, 1.82) is 0 Å². The van der Waals surface area contributed by atoms with Gasteiger partial charge >= 0.3 is 0 Å². The smallest absolute Gasteiger partial charge is 0.0250 e. The van der Waals surface area contributed by atoms with E-state index in [0.29, 0.717) is 0 Å². The Balaban J connectivity index is -0.000000400. The molecule has 0 saturated heterocycles. The lowest BCUT2D eigenvalue weighted by molar-refractivity contribution is 0.389. The van der Waals surface area contributed by atoms with Gasteiger partial charge in [-0.2, -0.15) is 0 Å². The molecule has 2 unspecified atom stereocenters. The topological polar surface area (TPSA) is 0 Å². The summed E-state index contributed by atoms with van der Waals surface area (Å²) in [4.78, 5) is 0. The van der Waals surface area contributed by atoms with E-state index in [4.69, 9.17) is 0 Å². The molecule has 0 amide bonds. The molecule has 0 bridgehead atoms. The molecule has 0 saturated carbocycles. The first-order valence-corrected chi connectivity index (χ1v) is 12.4. The van der Waals surface area contributed by atoms with Crippen LogP contribution in [0, 0.1) is 11.8 Å². The van der Waals surface area contributed by atoms with Gasteiger partial charge in [-0.15, -0.1) is 19.7 Å². The summed E-state index contributed by atoms with van der Waals surface area (Å²) in [5.74, 6) is 1.46. The second-order valence-electron chi connectivity index (χ2n) is 7.51. The Hall–Kier alpha value is -2.34. The van der Waals surface area contributed by atoms with Gasteiger partial charge in [-0.3, -0.25) is 0 Å². The first-order chi connectivity index (χ1) is 15.5. The Labute approximate surface area is 202 Å². The van der Waals surface area contributed by atoms with Gasteiger partial charge in [0.25, 0.3) is 0 Å². The number of benzene rings is 2. The molecule has 0 N–H and O–H groups in total. The van der Waals surface area contributed by atoms with E-state index in [-0.39, 0.29) is 0 Å². The van der Waals surface area contributed by atoms with Gasteiger partial charge in [0.15, 0.2) is 0 Å². The molecule has 0 aliphatic heterocycles. The molecule has 0 aliphatic carbocycles. The molecule has 0 heterocycles. The third-order valence-electron chi connectivity index (χ3n) is 4.58. The largest absolute Gasteiger partial charge is 0.103 e. The van der Waals surface area contributed by atoms with Crippen molar-refractivity contribution in [1.82, 2.24) is 0 Å². The van der Waals surface area contributed by atoms with Crippen molar-refractivity contribution >= 4 is 0 Å². The lowest BCUT2D eigenvalue weighted by Crippen LogP contribution is -2.10. The van der Waals surface area contributed by atoms with Crippen LogP contribution >= 0.6 is 0 Å². The summed E-state index contributed by atoms with van der Waals surface area (Å²) in [5, 5.41) is 0. The van der Waals surface area contributed by atoms with Crippen LogP contribution in [0.25, 0.3) is 0 Å². The maximum atomic E-state index is 3.79. The predicted molar refractivity (Wildman–Crippen MR) is 151 cm³/mol. The number of hydrogen-bond acceptors (Lipinski definition) is 0. The van der Waals surface area contributed by atoms with Gasteiger partial charge in [-0.05, 0) is 55.6 Å².